The largest absolute Gasteiger partial charge is 0.339 e. The lowest BCUT2D eigenvalue weighted by atomic mass is 10.0. The SMILES string of the molecule is O=[N+]([O-])c1ccccc1-c1cnc2[nH]c3ccccc3c2c1. The molecule has 2 aromatic heterocycles. The maximum atomic E-state index is 11.2. The number of rotatable bonds is 2. The maximum absolute atomic E-state index is 11.2. The van der Waals surface area contributed by atoms with E-state index in [2.05, 4.69) is 9.97 Å². The van der Waals surface area contributed by atoms with E-state index in [1.807, 2.05) is 30.3 Å². The topological polar surface area (TPSA) is 71.8 Å². The van der Waals surface area contributed by atoms with Crippen molar-refractivity contribution in [3.05, 3.63) is 70.9 Å². The minimum Gasteiger partial charge on any atom is -0.339 e. The lowest BCUT2D eigenvalue weighted by Gasteiger charge is -2.03. The van der Waals surface area contributed by atoms with Gasteiger partial charge in [-0.25, -0.2) is 4.98 Å². The second kappa shape index (κ2) is 4.66. The summed E-state index contributed by atoms with van der Waals surface area (Å²) in [7, 11) is 0. The molecule has 5 nitrogen and oxygen atoms in total. The van der Waals surface area contributed by atoms with Gasteiger partial charge in [-0.3, -0.25) is 10.1 Å². The predicted molar refractivity (Wildman–Crippen MR) is 85.7 cm³/mol. The molecule has 0 bridgehead atoms. The fourth-order valence-electron chi connectivity index (χ4n) is 2.75. The van der Waals surface area contributed by atoms with E-state index in [-0.39, 0.29) is 10.6 Å². The second-order valence-electron chi connectivity index (χ2n) is 5.07. The summed E-state index contributed by atoms with van der Waals surface area (Å²) in [5.41, 5.74) is 3.19. The first-order chi connectivity index (χ1) is 10.7. The van der Waals surface area contributed by atoms with Crippen LogP contribution in [0.25, 0.3) is 33.1 Å². The van der Waals surface area contributed by atoms with Crippen molar-refractivity contribution in [3.63, 3.8) is 0 Å². The lowest BCUT2D eigenvalue weighted by molar-refractivity contribution is -0.384. The summed E-state index contributed by atoms with van der Waals surface area (Å²) in [5, 5.41) is 13.2. The summed E-state index contributed by atoms with van der Waals surface area (Å²) in [5.74, 6) is 0. The summed E-state index contributed by atoms with van der Waals surface area (Å²) < 4.78 is 0. The van der Waals surface area contributed by atoms with Gasteiger partial charge >= 0.3 is 0 Å². The lowest BCUT2D eigenvalue weighted by Crippen LogP contribution is -1.92. The molecular weight excluding hydrogens is 278 g/mol. The Morgan fingerprint density at radius 1 is 1.00 bits per heavy atom. The zero-order chi connectivity index (χ0) is 15.1. The van der Waals surface area contributed by atoms with Gasteiger partial charge in [0.25, 0.3) is 5.69 Å². The highest BCUT2D eigenvalue weighted by molar-refractivity contribution is 6.07. The van der Waals surface area contributed by atoms with Crippen molar-refractivity contribution < 1.29 is 4.92 Å². The molecule has 0 fully saturated rings. The first-order valence-electron chi connectivity index (χ1n) is 6.84. The van der Waals surface area contributed by atoms with Crippen LogP contribution in [0.1, 0.15) is 0 Å². The average molecular weight is 289 g/mol. The Morgan fingerprint density at radius 3 is 2.64 bits per heavy atom. The average Bonchev–Trinajstić information content (AvgIpc) is 2.92. The molecule has 0 atom stereocenters. The van der Waals surface area contributed by atoms with Crippen molar-refractivity contribution in [2.24, 2.45) is 0 Å². The number of aromatic amines is 1. The van der Waals surface area contributed by atoms with Crippen molar-refractivity contribution in [2.75, 3.05) is 0 Å². The smallest absolute Gasteiger partial charge is 0.277 e. The summed E-state index contributed by atoms with van der Waals surface area (Å²) >= 11 is 0. The molecule has 0 aliphatic heterocycles. The van der Waals surface area contributed by atoms with Gasteiger partial charge in [-0.2, -0.15) is 0 Å². The zero-order valence-electron chi connectivity index (χ0n) is 11.5. The summed E-state index contributed by atoms with van der Waals surface area (Å²) in [6.07, 6.45) is 1.67. The Labute approximate surface area is 125 Å². The Bertz CT molecular complexity index is 1020. The number of para-hydroxylation sites is 2. The molecule has 0 saturated heterocycles. The van der Waals surface area contributed by atoms with Crippen molar-refractivity contribution in [3.8, 4) is 11.1 Å². The van der Waals surface area contributed by atoms with Crippen LogP contribution in [0.4, 0.5) is 5.69 Å². The van der Waals surface area contributed by atoms with Gasteiger partial charge in [-0.05, 0) is 18.2 Å². The van der Waals surface area contributed by atoms with Crippen LogP contribution in [-0.2, 0) is 0 Å². The van der Waals surface area contributed by atoms with Crippen LogP contribution in [-0.4, -0.2) is 14.9 Å². The first kappa shape index (κ1) is 12.5. The molecule has 4 rings (SSSR count). The van der Waals surface area contributed by atoms with Crippen molar-refractivity contribution in [1.82, 2.24) is 9.97 Å². The highest BCUT2D eigenvalue weighted by Crippen LogP contribution is 2.32. The highest BCUT2D eigenvalue weighted by Gasteiger charge is 2.15. The number of hydrogen-bond donors (Lipinski definition) is 1. The van der Waals surface area contributed by atoms with E-state index >= 15 is 0 Å². The molecule has 0 aliphatic rings. The number of pyridine rings is 1. The van der Waals surface area contributed by atoms with Crippen LogP contribution < -0.4 is 0 Å². The van der Waals surface area contributed by atoms with Crippen molar-refractivity contribution in [1.29, 1.82) is 0 Å². The Balaban J connectivity index is 2.00. The van der Waals surface area contributed by atoms with Crippen LogP contribution in [0.15, 0.2) is 60.8 Å². The Morgan fingerprint density at radius 2 is 1.77 bits per heavy atom. The molecule has 0 unspecified atom stereocenters. The van der Waals surface area contributed by atoms with E-state index in [1.54, 1.807) is 24.4 Å². The van der Waals surface area contributed by atoms with Crippen LogP contribution >= 0.6 is 0 Å². The van der Waals surface area contributed by atoms with Crippen molar-refractivity contribution in [2.45, 2.75) is 0 Å². The van der Waals surface area contributed by atoms with E-state index in [1.165, 1.54) is 6.07 Å². The van der Waals surface area contributed by atoms with E-state index in [4.69, 9.17) is 0 Å². The molecule has 2 heterocycles. The van der Waals surface area contributed by atoms with Gasteiger partial charge in [-0.15, -0.1) is 0 Å². The van der Waals surface area contributed by atoms with Crippen LogP contribution in [0, 0.1) is 10.1 Å². The molecule has 0 saturated carbocycles. The molecule has 106 valence electrons. The number of aromatic nitrogens is 2. The standard InChI is InChI=1S/C17H11N3O2/c21-20(22)16-8-4-2-5-12(16)11-9-14-13-6-1-3-7-15(13)19-17(14)18-10-11/h1-10H,(H,18,19). The third kappa shape index (κ3) is 1.83. The number of fused-ring (bicyclic) bond motifs is 3. The van der Waals surface area contributed by atoms with Gasteiger partial charge in [0.2, 0.25) is 0 Å². The van der Waals surface area contributed by atoms with E-state index in [0.29, 0.717) is 5.56 Å². The summed E-state index contributed by atoms with van der Waals surface area (Å²) in [6, 6.07) is 16.6. The number of nitrogens with zero attached hydrogens (tertiary/aromatic N) is 2. The molecule has 0 spiro atoms. The molecule has 5 heteroatoms. The highest BCUT2D eigenvalue weighted by atomic mass is 16.6. The molecular formula is C17H11N3O2. The quantitative estimate of drug-likeness (QED) is 0.442. The van der Waals surface area contributed by atoms with E-state index in [9.17, 15) is 10.1 Å². The normalized spacial score (nSPS) is 11.1. The number of benzene rings is 2. The third-order valence-corrected chi connectivity index (χ3v) is 3.77. The zero-order valence-corrected chi connectivity index (χ0v) is 11.5. The minimum atomic E-state index is -0.366. The third-order valence-electron chi connectivity index (χ3n) is 3.77. The molecule has 1 N–H and O–H groups in total. The maximum Gasteiger partial charge on any atom is 0.277 e. The van der Waals surface area contributed by atoms with Gasteiger partial charge in [-0.1, -0.05) is 30.3 Å². The van der Waals surface area contributed by atoms with Gasteiger partial charge < -0.3 is 4.98 Å². The van der Waals surface area contributed by atoms with Crippen LogP contribution in [0.5, 0.6) is 0 Å². The number of H-pyrrole nitrogens is 1. The Hall–Kier alpha value is -3.21. The molecule has 22 heavy (non-hydrogen) atoms. The minimum absolute atomic E-state index is 0.0866. The van der Waals surface area contributed by atoms with E-state index in [0.717, 1.165) is 27.5 Å². The first-order valence-corrected chi connectivity index (χ1v) is 6.84. The predicted octanol–water partition coefficient (Wildman–Crippen LogP) is 4.29. The summed E-state index contributed by atoms with van der Waals surface area (Å²) in [4.78, 5) is 18.5. The number of nitro benzene ring substituents is 1. The molecule has 0 amide bonds. The number of nitro groups is 1. The summed E-state index contributed by atoms with van der Waals surface area (Å²) in [6.45, 7) is 0. The van der Waals surface area contributed by atoms with Gasteiger partial charge in [0, 0.05) is 34.1 Å². The Kier molecular flexibility index (Phi) is 2.66. The van der Waals surface area contributed by atoms with Gasteiger partial charge in [0.1, 0.15) is 5.65 Å². The molecule has 4 aromatic rings. The number of nitrogens with one attached hydrogen (secondary N) is 1. The number of hydrogen-bond acceptors (Lipinski definition) is 3. The van der Waals surface area contributed by atoms with Crippen LogP contribution in [0.3, 0.4) is 0 Å². The second-order valence-corrected chi connectivity index (χ2v) is 5.07. The monoisotopic (exact) mass is 289 g/mol. The van der Waals surface area contributed by atoms with Gasteiger partial charge in [0.15, 0.2) is 0 Å². The van der Waals surface area contributed by atoms with E-state index < -0.39 is 0 Å². The fraction of sp³-hybridized carbons (Fsp3) is 0. The molecule has 2 aromatic carbocycles. The molecule has 0 aliphatic carbocycles. The fourth-order valence-corrected chi connectivity index (χ4v) is 2.75. The van der Waals surface area contributed by atoms with Gasteiger partial charge in [0.05, 0.1) is 10.5 Å². The van der Waals surface area contributed by atoms with Crippen molar-refractivity contribution >= 4 is 27.6 Å². The van der Waals surface area contributed by atoms with Crippen LogP contribution in [0.2, 0.25) is 0 Å². The molecule has 0 radical (unpaired) electrons.